The number of rotatable bonds is 4. The predicted molar refractivity (Wildman–Crippen MR) is 107 cm³/mol. The Balaban J connectivity index is 1.90. The molecular formula is C22H21N4O. The predicted octanol–water partition coefficient (Wildman–Crippen LogP) is 3.77. The summed E-state index contributed by atoms with van der Waals surface area (Å²) < 4.78 is 3.30. The van der Waals surface area contributed by atoms with Crippen LogP contribution in [0.1, 0.15) is 30.9 Å². The lowest BCUT2D eigenvalue weighted by atomic mass is 9.97. The lowest BCUT2D eigenvalue weighted by Gasteiger charge is -2.11. The first-order chi connectivity index (χ1) is 13.1. The molecule has 0 unspecified atom stereocenters. The van der Waals surface area contributed by atoms with Crippen LogP contribution in [-0.4, -0.2) is 19.1 Å². The Morgan fingerprint density at radius 1 is 1.11 bits per heavy atom. The summed E-state index contributed by atoms with van der Waals surface area (Å²) in [5, 5.41) is 0. The van der Waals surface area contributed by atoms with Crippen LogP contribution in [-0.2, 0) is 13.6 Å². The average molecular weight is 357 g/mol. The van der Waals surface area contributed by atoms with E-state index in [0.29, 0.717) is 23.9 Å². The molecule has 0 aliphatic heterocycles. The number of aromatic nitrogens is 4. The SMILES string of the molecule is CC(C)c1ccccc1-c1ncc2c(n1)n(Cc1cc[c]cc1)c(=O)n2C. The van der Waals surface area contributed by atoms with Gasteiger partial charge in [-0.2, -0.15) is 0 Å². The fourth-order valence-corrected chi connectivity index (χ4v) is 3.36. The number of aryl methyl sites for hydroxylation is 1. The molecule has 0 saturated carbocycles. The Labute approximate surface area is 158 Å². The topological polar surface area (TPSA) is 52.7 Å². The number of nitrogens with zero attached hydrogens (tertiary/aromatic N) is 4. The summed E-state index contributed by atoms with van der Waals surface area (Å²) >= 11 is 0. The highest BCUT2D eigenvalue weighted by atomic mass is 16.1. The van der Waals surface area contributed by atoms with Gasteiger partial charge in [0.05, 0.1) is 12.7 Å². The minimum atomic E-state index is -0.0959. The first kappa shape index (κ1) is 17.2. The van der Waals surface area contributed by atoms with E-state index in [4.69, 9.17) is 4.98 Å². The van der Waals surface area contributed by atoms with E-state index in [0.717, 1.165) is 16.6 Å². The van der Waals surface area contributed by atoms with Crippen molar-refractivity contribution in [3.63, 3.8) is 0 Å². The molecule has 2 aromatic carbocycles. The van der Waals surface area contributed by atoms with E-state index in [-0.39, 0.29) is 5.69 Å². The molecule has 0 aliphatic carbocycles. The minimum absolute atomic E-state index is 0.0959. The highest BCUT2D eigenvalue weighted by Gasteiger charge is 2.16. The minimum Gasteiger partial charge on any atom is -0.292 e. The largest absolute Gasteiger partial charge is 0.330 e. The highest BCUT2D eigenvalue weighted by molar-refractivity contribution is 5.74. The smallest absolute Gasteiger partial charge is 0.292 e. The molecule has 4 rings (SSSR count). The van der Waals surface area contributed by atoms with Crippen LogP contribution in [0.25, 0.3) is 22.6 Å². The van der Waals surface area contributed by atoms with Gasteiger partial charge in [0.1, 0.15) is 5.52 Å². The summed E-state index contributed by atoms with van der Waals surface area (Å²) in [6.45, 7) is 4.78. The molecule has 4 aromatic rings. The van der Waals surface area contributed by atoms with Crippen molar-refractivity contribution in [1.29, 1.82) is 0 Å². The second-order valence-corrected chi connectivity index (χ2v) is 6.98. The van der Waals surface area contributed by atoms with Crippen molar-refractivity contribution >= 4 is 11.2 Å². The Kier molecular flexibility index (Phi) is 4.36. The van der Waals surface area contributed by atoms with E-state index >= 15 is 0 Å². The standard InChI is InChI=1S/C22H21N4O/c1-15(2)17-11-7-8-12-18(17)20-23-13-19-21(24-20)26(22(27)25(19)3)14-16-9-5-4-6-10-16/h5-13,15H,14H2,1-3H3. The van der Waals surface area contributed by atoms with Crippen LogP contribution in [0.2, 0.25) is 0 Å². The molecule has 2 aromatic heterocycles. The average Bonchev–Trinajstić information content (AvgIpc) is 2.93. The molecule has 0 saturated heterocycles. The second-order valence-electron chi connectivity index (χ2n) is 6.98. The molecule has 0 fully saturated rings. The molecular weight excluding hydrogens is 336 g/mol. The van der Waals surface area contributed by atoms with Gasteiger partial charge in [-0.15, -0.1) is 0 Å². The van der Waals surface area contributed by atoms with Gasteiger partial charge in [0, 0.05) is 12.6 Å². The zero-order valence-electron chi connectivity index (χ0n) is 15.7. The third-order valence-corrected chi connectivity index (χ3v) is 4.84. The molecule has 0 bridgehead atoms. The fraction of sp³-hybridized carbons (Fsp3) is 0.227. The molecule has 27 heavy (non-hydrogen) atoms. The summed E-state index contributed by atoms with van der Waals surface area (Å²) in [7, 11) is 1.75. The van der Waals surface area contributed by atoms with Crippen LogP contribution >= 0.6 is 0 Å². The summed E-state index contributed by atoms with van der Waals surface area (Å²) in [6.07, 6.45) is 1.74. The Morgan fingerprint density at radius 3 is 2.59 bits per heavy atom. The Morgan fingerprint density at radius 2 is 1.85 bits per heavy atom. The van der Waals surface area contributed by atoms with Crippen LogP contribution in [0.4, 0.5) is 0 Å². The van der Waals surface area contributed by atoms with Crippen molar-refractivity contribution in [3.8, 4) is 11.4 Å². The van der Waals surface area contributed by atoms with E-state index < -0.39 is 0 Å². The van der Waals surface area contributed by atoms with Gasteiger partial charge >= 0.3 is 5.69 Å². The van der Waals surface area contributed by atoms with Crippen LogP contribution in [0, 0.1) is 6.07 Å². The lowest BCUT2D eigenvalue weighted by Crippen LogP contribution is -2.22. The highest BCUT2D eigenvalue weighted by Crippen LogP contribution is 2.27. The first-order valence-corrected chi connectivity index (χ1v) is 9.03. The quantitative estimate of drug-likeness (QED) is 0.559. The molecule has 0 amide bonds. The summed E-state index contributed by atoms with van der Waals surface area (Å²) in [5.74, 6) is 1.01. The van der Waals surface area contributed by atoms with Gasteiger partial charge in [0.25, 0.3) is 0 Å². The van der Waals surface area contributed by atoms with Gasteiger partial charge < -0.3 is 0 Å². The molecule has 5 nitrogen and oxygen atoms in total. The van der Waals surface area contributed by atoms with Gasteiger partial charge in [-0.3, -0.25) is 9.13 Å². The number of imidazole rings is 1. The molecule has 5 heteroatoms. The van der Waals surface area contributed by atoms with Crippen molar-refractivity contribution in [2.45, 2.75) is 26.3 Å². The van der Waals surface area contributed by atoms with Gasteiger partial charge in [-0.25, -0.2) is 14.8 Å². The maximum absolute atomic E-state index is 12.8. The van der Waals surface area contributed by atoms with Gasteiger partial charge in [-0.05, 0) is 23.1 Å². The second kappa shape index (κ2) is 6.83. The first-order valence-electron chi connectivity index (χ1n) is 9.03. The van der Waals surface area contributed by atoms with Gasteiger partial charge in [0.2, 0.25) is 0 Å². The molecule has 0 spiro atoms. The van der Waals surface area contributed by atoms with Gasteiger partial charge in [0.15, 0.2) is 11.5 Å². The molecule has 135 valence electrons. The van der Waals surface area contributed by atoms with E-state index in [9.17, 15) is 4.79 Å². The Hall–Kier alpha value is -3.21. The van der Waals surface area contributed by atoms with Crippen molar-refractivity contribution in [3.05, 3.63) is 82.4 Å². The number of benzene rings is 2. The fourth-order valence-electron chi connectivity index (χ4n) is 3.36. The maximum Gasteiger partial charge on any atom is 0.330 e. The zero-order chi connectivity index (χ0) is 19.0. The summed E-state index contributed by atoms with van der Waals surface area (Å²) in [5.41, 5.74) is 4.52. The Bertz CT molecular complexity index is 1160. The summed E-state index contributed by atoms with van der Waals surface area (Å²) in [4.78, 5) is 22.1. The lowest BCUT2D eigenvalue weighted by molar-refractivity contribution is 0.731. The molecule has 0 N–H and O–H groups in total. The number of fused-ring (bicyclic) bond motifs is 1. The molecule has 1 radical (unpaired) electrons. The van der Waals surface area contributed by atoms with E-state index in [1.165, 1.54) is 5.56 Å². The summed E-state index contributed by atoms with van der Waals surface area (Å²) in [6, 6.07) is 18.8. The van der Waals surface area contributed by atoms with Crippen LogP contribution < -0.4 is 5.69 Å². The number of hydrogen-bond donors (Lipinski definition) is 0. The van der Waals surface area contributed by atoms with Crippen molar-refractivity contribution < 1.29 is 0 Å². The van der Waals surface area contributed by atoms with Gasteiger partial charge in [-0.1, -0.05) is 62.4 Å². The maximum atomic E-state index is 12.8. The number of hydrogen-bond acceptors (Lipinski definition) is 3. The molecule has 2 heterocycles. The van der Waals surface area contributed by atoms with Crippen LogP contribution in [0.15, 0.2) is 59.5 Å². The van der Waals surface area contributed by atoms with Crippen LogP contribution in [0.3, 0.4) is 0 Å². The van der Waals surface area contributed by atoms with Crippen molar-refractivity contribution in [1.82, 2.24) is 19.1 Å². The third kappa shape index (κ3) is 3.05. The van der Waals surface area contributed by atoms with E-state index in [1.807, 2.05) is 42.5 Å². The monoisotopic (exact) mass is 357 g/mol. The van der Waals surface area contributed by atoms with E-state index in [2.05, 4.69) is 31.0 Å². The molecule has 0 aliphatic rings. The van der Waals surface area contributed by atoms with Crippen molar-refractivity contribution in [2.24, 2.45) is 7.05 Å². The van der Waals surface area contributed by atoms with E-state index in [1.54, 1.807) is 22.4 Å². The third-order valence-electron chi connectivity index (χ3n) is 4.84. The van der Waals surface area contributed by atoms with Crippen LogP contribution in [0.5, 0.6) is 0 Å². The normalized spacial score (nSPS) is 11.4. The van der Waals surface area contributed by atoms with Crippen molar-refractivity contribution in [2.75, 3.05) is 0 Å². The molecule has 0 atom stereocenters. The zero-order valence-corrected chi connectivity index (χ0v) is 15.7.